The fourth-order valence-corrected chi connectivity index (χ4v) is 1.57. The summed E-state index contributed by atoms with van der Waals surface area (Å²) >= 11 is 0. The van der Waals surface area contributed by atoms with Crippen LogP contribution >= 0.6 is 0 Å². The van der Waals surface area contributed by atoms with Crippen molar-refractivity contribution in [3.8, 4) is 0 Å². The van der Waals surface area contributed by atoms with Gasteiger partial charge in [0.15, 0.2) is 5.96 Å². The second kappa shape index (κ2) is 5.17. The van der Waals surface area contributed by atoms with Crippen molar-refractivity contribution in [2.45, 2.75) is 6.42 Å². The Morgan fingerprint density at radius 1 is 1.32 bits per heavy atom. The van der Waals surface area contributed by atoms with Crippen LogP contribution < -0.4 is 22.6 Å². The highest BCUT2D eigenvalue weighted by Crippen LogP contribution is 2.17. The fourth-order valence-electron chi connectivity index (χ4n) is 1.57. The molecule has 0 unspecified atom stereocenters. The Morgan fingerprint density at radius 2 is 2.11 bits per heavy atom. The Labute approximate surface area is 109 Å². The van der Waals surface area contributed by atoms with Gasteiger partial charge >= 0.3 is 0 Å². The number of nitrogens with two attached hydrogens (primary N) is 3. The van der Waals surface area contributed by atoms with Crippen molar-refractivity contribution < 1.29 is 4.79 Å². The Kier molecular flexibility index (Phi) is 3.42. The number of hydrazone groups is 1. The number of nitrogens with one attached hydrogen (secondary N) is 1. The number of carbonyl (C=O) groups is 1. The third-order valence-corrected chi connectivity index (χ3v) is 2.31. The summed E-state index contributed by atoms with van der Waals surface area (Å²) in [6.07, 6.45) is 0.247. The van der Waals surface area contributed by atoms with E-state index in [1.165, 1.54) is 0 Å². The maximum atomic E-state index is 11.1. The Morgan fingerprint density at radius 3 is 2.74 bits per heavy atom. The molecular formula is C11H13N7O. The molecule has 0 aliphatic carbocycles. The molecular weight excluding hydrogens is 246 g/mol. The number of rotatable bonds is 2. The van der Waals surface area contributed by atoms with E-state index in [0.717, 1.165) is 5.56 Å². The van der Waals surface area contributed by atoms with E-state index in [1.807, 2.05) is 6.07 Å². The summed E-state index contributed by atoms with van der Waals surface area (Å²) < 4.78 is 0. The van der Waals surface area contributed by atoms with E-state index in [1.54, 1.807) is 18.2 Å². The van der Waals surface area contributed by atoms with Crippen LogP contribution in [-0.4, -0.2) is 23.5 Å². The van der Waals surface area contributed by atoms with Gasteiger partial charge in [0.05, 0.1) is 17.8 Å². The number of carbonyl (C=O) groups excluding carboxylic acids is 1. The number of hydrogen-bond acceptors (Lipinski definition) is 3. The smallest absolute Gasteiger partial charge is 0.246 e. The first-order valence-electron chi connectivity index (χ1n) is 5.44. The normalized spacial score (nSPS) is 14.8. The predicted molar refractivity (Wildman–Crippen MR) is 72.8 cm³/mol. The number of aliphatic imine (C=N–C) groups is 2. The monoisotopic (exact) mass is 259 g/mol. The van der Waals surface area contributed by atoms with Gasteiger partial charge in [-0.15, -0.1) is 0 Å². The van der Waals surface area contributed by atoms with Crippen LogP contribution in [-0.2, 0) is 4.79 Å². The molecule has 8 nitrogen and oxygen atoms in total. The van der Waals surface area contributed by atoms with Crippen LogP contribution in [0.2, 0.25) is 0 Å². The average molecular weight is 259 g/mol. The van der Waals surface area contributed by atoms with Crippen molar-refractivity contribution in [3.63, 3.8) is 0 Å². The molecule has 7 N–H and O–H groups in total. The summed E-state index contributed by atoms with van der Waals surface area (Å²) in [5, 5.41) is 3.93. The molecule has 0 saturated carbocycles. The van der Waals surface area contributed by atoms with Crippen LogP contribution in [0.25, 0.3) is 0 Å². The molecule has 1 aliphatic rings. The molecule has 0 spiro atoms. The maximum Gasteiger partial charge on any atom is 0.246 e. The van der Waals surface area contributed by atoms with Gasteiger partial charge < -0.3 is 17.2 Å². The van der Waals surface area contributed by atoms with Crippen molar-refractivity contribution in [2.75, 3.05) is 0 Å². The quantitative estimate of drug-likeness (QED) is 0.404. The van der Waals surface area contributed by atoms with Crippen LogP contribution in [0.1, 0.15) is 12.0 Å². The SMILES string of the molecule is NC(N)=NC(N)=Nc1cccc(C2=NNC(=O)C2)c1. The minimum Gasteiger partial charge on any atom is -0.370 e. The van der Waals surface area contributed by atoms with Crippen molar-refractivity contribution in [2.24, 2.45) is 32.3 Å². The first-order valence-corrected chi connectivity index (χ1v) is 5.44. The number of guanidine groups is 2. The molecule has 1 aromatic rings. The van der Waals surface area contributed by atoms with E-state index in [0.29, 0.717) is 11.4 Å². The summed E-state index contributed by atoms with van der Waals surface area (Å²) in [5.74, 6) is -0.337. The Bertz CT molecular complexity index is 599. The predicted octanol–water partition coefficient (Wildman–Crippen LogP) is -0.870. The fraction of sp³-hybridized carbons (Fsp3) is 0.0909. The average Bonchev–Trinajstić information content (AvgIpc) is 2.75. The van der Waals surface area contributed by atoms with Crippen LogP contribution in [0.15, 0.2) is 39.4 Å². The van der Waals surface area contributed by atoms with Gasteiger partial charge in [0.25, 0.3) is 0 Å². The Balaban J connectivity index is 2.25. The van der Waals surface area contributed by atoms with E-state index in [9.17, 15) is 4.79 Å². The van der Waals surface area contributed by atoms with Gasteiger partial charge in [-0.1, -0.05) is 12.1 Å². The van der Waals surface area contributed by atoms with E-state index in [4.69, 9.17) is 17.2 Å². The van der Waals surface area contributed by atoms with Gasteiger partial charge in [0.2, 0.25) is 11.9 Å². The van der Waals surface area contributed by atoms with Crippen LogP contribution in [0.4, 0.5) is 5.69 Å². The van der Waals surface area contributed by atoms with E-state index < -0.39 is 0 Å². The zero-order valence-corrected chi connectivity index (χ0v) is 10.00. The summed E-state index contributed by atoms with van der Waals surface area (Å²) in [6.45, 7) is 0. The molecule has 2 rings (SSSR count). The molecule has 0 fully saturated rings. The van der Waals surface area contributed by atoms with E-state index in [2.05, 4.69) is 20.5 Å². The lowest BCUT2D eigenvalue weighted by Crippen LogP contribution is -2.26. The van der Waals surface area contributed by atoms with Gasteiger partial charge in [0, 0.05) is 5.56 Å². The summed E-state index contributed by atoms with van der Waals surface area (Å²) in [7, 11) is 0. The zero-order chi connectivity index (χ0) is 13.8. The highest BCUT2D eigenvalue weighted by molar-refractivity contribution is 6.13. The van der Waals surface area contributed by atoms with Crippen molar-refractivity contribution in [1.29, 1.82) is 0 Å². The molecule has 98 valence electrons. The van der Waals surface area contributed by atoms with Crippen LogP contribution in [0.5, 0.6) is 0 Å². The second-order valence-electron chi connectivity index (χ2n) is 3.83. The molecule has 1 amide bonds. The molecule has 0 atom stereocenters. The molecule has 1 aliphatic heterocycles. The molecule has 1 heterocycles. The number of hydrogen-bond donors (Lipinski definition) is 4. The lowest BCUT2D eigenvalue weighted by atomic mass is 10.1. The lowest BCUT2D eigenvalue weighted by Gasteiger charge is -2.00. The number of nitrogens with zero attached hydrogens (tertiary/aromatic N) is 3. The molecule has 8 heteroatoms. The minimum absolute atomic E-state index is 0.0419. The van der Waals surface area contributed by atoms with Gasteiger partial charge in [-0.2, -0.15) is 10.1 Å². The minimum atomic E-state index is -0.160. The maximum absolute atomic E-state index is 11.1. The highest BCUT2D eigenvalue weighted by Gasteiger charge is 2.16. The summed E-state index contributed by atoms with van der Waals surface area (Å²) in [4.78, 5) is 18.7. The number of benzene rings is 1. The summed E-state index contributed by atoms with van der Waals surface area (Å²) in [5.41, 5.74) is 20.3. The molecule has 0 radical (unpaired) electrons. The molecule has 19 heavy (non-hydrogen) atoms. The molecule has 0 aromatic heterocycles. The molecule has 0 saturated heterocycles. The standard InChI is InChI=1S/C11H13N7O/c12-10(13)16-11(14)15-7-3-1-2-6(4-7)8-5-9(19)18-17-8/h1-4H,5H2,(H,18,19)(H6,12,13,14,15,16). The van der Waals surface area contributed by atoms with Crippen LogP contribution in [0.3, 0.4) is 0 Å². The molecule has 1 aromatic carbocycles. The first-order chi connectivity index (χ1) is 9.04. The van der Waals surface area contributed by atoms with Crippen LogP contribution in [0, 0.1) is 0 Å². The first kappa shape index (κ1) is 12.6. The Hall–Kier alpha value is -2.90. The van der Waals surface area contributed by atoms with Gasteiger partial charge in [-0.3, -0.25) is 4.79 Å². The second-order valence-corrected chi connectivity index (χ2v) is 3.83. The van der Waals surface area contributed by atoms with E-state index >= 15 is 0 Å². The highest BCUT2D eigenvalue weighted by atomic mass is 16.2. The van der Waals surface area contributed by atoms with E-state index in [-0.39, 0.29) is 24.2 Å². The summed E-state index contributed by atoms with van der Waals surface area (Å²) in [6, 6.07) is 7.09. The zero-order valence-electron chi connectivity index (χ0n) is 10.00. The lowest BCUT2D eigenvalue weighted by molar-refractivity contribution is -0.119. The number of amides is 1. The van der Waals surface area contributed by atoms with Gasteiger partial charge in [-0.25, -0.2) is 10.4 Å². The largest absolute Gasteiger partial charge is 0.370 e. The topological polar surface area (TPSA) is 144 Å². The third kappa shape index (κ3) is 3.28. The van der Waals surface area contributed by atoms with Crippen molar-refractivity contribution in [1.82, 2.24) is 5.43 Å². The van der Waals surface area contributed by atoms with Gasteiger partial charge in [-0.05, 0) is 12.1 Å². The van der Waals surface area contributed by atoms with Crippen molar-refractivity contribution >= 4 is 29.2 Å². The van der Waals surface area contributed by atoms with Gasteiger partial charge in [0.1, 0.15) is 0 Å². The third-order valence-electron chi connectivity index (χ3n) is 2.31. The molecule has 0 bridgehead atoms. The van der Waals surface area contributed by atoms with Crippen molar-refractivity contribution in [3.05, 3.63) is 29.8 Å².